The zero-order chi connectivity index (χ0) is 34.7. The first-order chi connectivity index (χ1) is 25.8. The van der Waals surface area contributed by atoms with Gasteiger partial charge in [-0.15, -0.1) is 0 Å². The lowest BCUT2D eigenvalue weighted by Gasteiger charge is -2.27. The SMILES string of the molecule is c1ccc(N(c2ccc(-c3nccnc3-c3ccc(N(c4ccccc4)c4cccc5ccccc45)cc3)cc2)c2cccc3ccccc23)cc1. The molecule has 9 aromatic rings. The second-order valence-electron chi connectivity index (χ2n) is 12.7. The summed E-state index contributed by atoms with van der Waals surface area (Å²) in [6, 6.07) is 68.4. The van der Waals surface area contributed by atoms with Crippen LogP contribution in [0.3, 0.4) is 0 Å². The largest absolute Gasteiger partial charge is 0.310 e. The van der Waals surface area contributed by atoms with Gasteiger partial charge in [0.2, 0.25) is 0 Å². The van der Waals surface area contributed by atoms with Crippen LogP contribution in [0.15, 0.2) is 207 Å². The summed E-state index contributed by atoms with van der Waals surface area (Å²) in [4.78, 5) is 14.3. The molecule has 246 valence electrons. The van der Waals surface area contributed by atoms with E-state index in [1.807, 2.05) is 0 Å². The quantitative estimate of drug-likeness (QED) is 0.162. The van der Waals surface area contributed by atoms with Gasteiger partial charge in [-0.05, 0) is 71.4 Å². The molecule has 52 heavy (non-hydrogen) atoms. The highest BCUT2D eigenvalue weighted by molar-refractivity contribution is 6.00. The van der Waals surface area contributed by atoms with Gasteiger partial charge in [-0.1, -0.05) is 133 Å². The van der Waals surface area contributed by atoms with Gasteiger partial charge < -0.3 is 9.80 Å². The number of hydrogen-bond donors (Lipinski definition) is 0. The smallest absolute Gasteiger partial charge is 0.0965 e. The van der Waals surface area contributed by atoms with Gasteiger partial charge >= 0.3 is 0 Å². The molecule has 0 radical (unpaired) electrons. The van der Waals surface area contributed by atoms with Gasteiger partial charge in [-0.3, -0.25) is 9.97 Å². The van der Waals surface area contributed by atoms with Gasteiger partial charge in [0, 0.05) is 57.0 Å². The van der Waals surface area contributed by atoms with Crippen molar-refractivity contribution < 1.29 is 0 Å². The Bertz CT molecular complexity index is 2420. The highest BCUT2D eigenvalue weighted by Gasteiger charge is 2.18. The summed E-state index contributed by atoms with van der Waals surface area (Å²) in [5.74, 6) is 0. The molecule has 0 saturated heterocycles. The molecular weight excluding hydrogens is 633 g/mol. The standard InChI is InChI=1S/C48H34N4/c1-3-17-39(18-4-1)51(45-23-11-15-35-13-7-9-21-43(35)45)41-29-25-37(26-30-41)47-48(50-34-33-49-47)38-27-31-42(32-28-38)52(40-19-5-2-6-20-40)46-24-12-16-36-14-8-10-22-44(36)46/h1-34H. The van der Waals surface area contributed by atoms with E-state index in [0.29, 0.717) is 0 Å². The van der Waals surface area contributed by atoms with Crippen molar-refractivity contribution >= 4 is 55.7 Å². The normalized spacial score (nSPS) is 11.1. The molecule has 0 saturated carbocycles. The molecule has 0 bridgehead atoms. The van der Waals surface area contributed by atoms with E-state index in [4.69, 9.17) is 9.97 Å². The fourth-order valence-corrected chi connectivity index (χ4v) is 7.11. The summed E-state index contributed by atoms with van der Waals surface area (Å²) in [6.45, 7) is 0. The number of para-hydroxylation sites is 2. The first-order valence-corrected chi connectivity index (χ1v) is 17.5. The minimum Gasteiger partial charge on any atom is -0.310 e. The lowest BCUT2D eigenvalue weighted by Crippen LogP contribution is -2.10. The number of anilines is 6. The van der Waals surface area contributed by atoms with Crippen LogP contribution in [0.2, 0.25) is 0 Å². The summed E-state index contributed by atoms with van der Waals surface area (Å²) < 4.78 is 0. The Labute approximate surface area is 303 Å². The maximum Gasteiger partial charge on any atom is 0.0965 e. The van der Waals surface area contributed by atoms with Crippen LogP contribution in [0.25, 0.3) is 44.1 Å². The number of fused-ring (bicyclic) bond motifs is 2. The third-order valence-electron chi connectivity index (χ3n) is 9.54. The fourth-order valence-electron chi connectivity index (χ4n) is 7.11. The molecule has 0 fully saturated rings. The zero-order valence-corrected chi connectivity index (χ0v) is 28.4. The Morgan fingerprint density at radius 1 is 0.288 bits per heavy atom. The van der Waals surface area contributed by atoms with Crippen molar-refractivity contribution in [3.8, 4) is 22.5 Å². The first kappa shape index (κ1) is 31.0. The number of benzene rings is 8. The zero-order valence-electron chi connectivity index (χ0n) is 28.4. The molecule has 1 aromatic heterocycles. The van der Waals surface area contributed by atoms with E-state index < -0.39 is 0 Å². The van der Waals surface area contributed by atoms with Gasteiger partial charge in [0.05, 0.1) is 22.8 Å². The Kier molecular flexibility index (Phi) is 8.16. The van der Waals surface area contributed by atoms with Gasteiger partial charge in [0.15, 0.2) is 0 Å². The molecule has 0 aliphatic heterocycles. The summed E-state index contributed by atoms with van der Waals surface area (Å²) in [5.41, 5.74) is 10.3. The Morgan fingerprint density at radius 3 is 1.06 bits per heavy atom. The molecule has 4 nitrogen and oxygen atoms in total. The van der Waals surface area contributed by atoms with Crippen LogP contribution >= 0.6 is 0 Å². The monoisotopic (exact) mass is 666 g/mol. The maximum absolute atomic E-state index is 4.86. The molecule has 0 spiro atoms. The molecule has 8 aromatic carbocycles. The fraction of sp³-hybridized carbons (Fsp3) is 0. The molecule has 0 amide bonds. The molecule has 0 unspecified atom stereocenters. The van der Waals surface area contributed by atoms with E-state index in [2.05, 4.69) is 204 Å². The van der Waals surface area contributed by atoms with Gasteiger partial charge in [-0.2, -0.15) is 0 Å². The lowest BCUT2D eigenvalue weighted by molar-refractivity contribution is 1.21. The molecule has 0 atom stereocenters. The molecule has 0 aliphatic carbocycles. The second kappa shape index (κ2) is 13.7. The van der Waals surface area contributed by atoms with Crippen LogP contribution in [0.4, 0.5) is 34.1 Å². The minimum absolute atomic E-state index is 0.840. The number of rotatable bonds is 8. The van der Waals surface area contributed by atoms with Crippen molar-refractivity contribution in [3.63, 3.8) is 0 Å². The molecule has 1 heterocycles. The molecule has 0 N–H and O–H groups in total. The predicted molar refractivity (Wildman–Crippen MR) is 217 cm³/mol. The van der Waals surface area contributed by atoms with E-state index in [0.717, 1.165) is 56.6 Å². The second-order valence-corrected chi connectivity index (χ2v) is 12.7. The molecular formula is C48H34N4. The molecule has 9 rings (SSSR count). The van der Waals surface area contributed by atoms with Crippen molar-refractivity contribution in [3.05, 3.63) is 207 Å². The van der Waals surface area contributed by atoms with E-state index in [9.17, 15) is 0 Å². The van der Waals surface area contributed by atoms with E-state index in [1.165, 1.54) is 21.5 Å². The predicted octanol–water partition coefficient (Wildman–Crippen LogP) is 13.1. The van der Waals surface area contributed by atoms with Crippen molar-refractivity contribution in [1.82, 2.24) is 9.97 Å². The topological polar surface area (TPSA) is 32.3 Å². The van der Waals surface area contributed by atoms with Crippen LogP contribution in [-0.2, 0) is 0 Å². The summed E-state index contributed by atoms with van der Waals surface area (Å²) in [5, 5.41) is 4.81. The van der Waals surface area contributed by atoms with Crippen LogP contribution in [0.1, 0.15) is 0 Å². The van der Waals surface area contributed by atoms with Crippen molar-refractivity contribution in [1.29, 1.82) is 0 Å². The van der Waals surface area contributed by atoms with Crippen LogP contribution < -0.4 is 9.80 Å². The summed E-state index contributed by atoms with van der Waals surface area (Å²) in [7, 11) is 0. The minimum atomic E-state index is 0.840. The van der Waals surface area contributed by atoms with Crippen molar-refractivity contribution in [2.45, 2.75) is 0 Å². The first-order valence-electron chi connectivity index (χ1n) is 17.5. The van der Waals surface area contributed by atoms with E-state index in [1.54, 1.807) is 12.4 Å². The average Bonchev–Trinajstić information content (AvgIpc) is 3.23. The van der Waals surface area contributed by atoms with Crippen LogP contribution in [0.5, 0.6) is 0 Å². The van der Waals surface area contributed by atoms with E-state index in [-0.39, 0.29) is 0 Å². The maximum atomic E-state index is 4.86. The van der Waals surface area contributed by atoms with Crippen LogP contribution in [0, 0.1) is 0 Å². The number of hydrogen-bond acceptors (Lipinski definition) is 4. The Hall–Kier alpha value is -7.04. The van der Waals surface area contributed by atoms with Gasteiger partial charge in [0.25, 0.3) is 0 Å². The van der Waals surface area contributed by atoms with Gasteiger partial charge in [-0.25, -0.2) is 0 Å². The number of nitrogens with zero attached hydrogens (tertiary/aromatic N) is 4. The van der Waals surface area contributed by atoms with E-state index >= 15 is 0 Å². The molecule has 0 aliphatic rings. The van der Waals surface area contributed by atoms with Crippen molar-refractivity contribution in [2.75, 3.05) is 9.80 Å². The highest BCUT2D eigenvalue weighted by Crippen LogP contribution is 2.42. The summed E-state index contributed by atoms with van der Waals surface area (Å²) >= 11 is 0. The number of aromatic nitrogens is 2. The highest BCUT2D eigenvalue weighted by atomic mass is 15.1. The van der Waals surface area contributed by atoms with Crippen LogP contribution in [-0.4, -0.2) is 9.97 Å². The van der Waals surface area contributed by atoms with Gasteiger partial charge in [0.1, 0.15) is 0 Å². The third-order valence-corrected chi connectivity index (χ3v) is 9.54. The van der Waals surface area contributed by atoms with Crippen molar-refractivity contribution in [2.24, 2.45) is 0 Å². The lowest BCUT2D eigenvalue weighted by atomic mass is 10.0. The Balaban J connectivity index is 1.08. The third kappa shape index (κ3) is 5.82. The average molecular weight is 667 g/mol. The summed E-state index contributed by atoms with van der Waals surface area (Å²) in [6.07, 6.45) is 3.54. The molecule has 4 heteroatoms. The Morgan fingerprint density at radius 2 is 0.635 bits per heavy atom.